The minimum absolute atomic E-state index is 0.258. The molecule has 176 valence electrons. The molecular formula is C25H33N5O3. The summed E-state index contributed by atoms with van der Waals surface area (Å²) >= 11 is 0. The number of nitrogens with one attached hydrogen (secondary N) is 2. The lowest BCUT2D eigenvalue weighted by Gasteiger charge is -2.42. The summed E-state index contributed by atoms with van der Waals surface area (Å²) in [5.74, 6) is -0.328. The van der Waals surface area contributed by atoms with E-state index in [-0.39, 0.29) is 19.0 Å². The molecule has 2 aromatic carbocycles. The lowest BCUT2D eigenvalue weighted by atomic mass is 10.0. The maximum atomic E-state index is 13.3. The Morgan fingerprint density at radius 3 is 2.39 bits per heavy atom. The number of rotatable bonds is 6. The van der Waals surface area contributed by atoms with E-state index in [1.54, 1.807) is 18.2 Å². The Hall–Kier alpha value is -3.39. The van der Waals surface area contributed by atoms with Gasteiger partial charge in [-0.05, 0) is 49.1 Å². The highest BCUT2D eigenvalue weighted by Crippen LogP contribution is 2.22. The minimum Gasteiger partial charge on any atom is -0.351 e. The molecule has 1 aliphatic heterocycles. The summed E-state index contributed by atoms with van der Waals surface area (Å²) in [6, 6.07) is 14.4. The monoisotopic (exact) mass is 451 g/mol. The molecule has 4 N–H and O–H groups in total. The average molecular weight is 452 g/mol. The lowest BCUT2D eigenvalue weighted by Crippen LogP contribution is -2.64. The number of benzene rings is 2. The first kappa shape index (κ1) is 24.3. The van der Waals surface area contributed by atoms with Gasteiger partial charge in [-0.1, -0.05) is 43.7 Å². The second-order valence-electron chi connectivity index (χ2n) is 8.58. The molecule has 0 bridgehead atoms. The standard InChI is InChI=1S/C25H33N5O3/c1-17(2)19-8-10-21(11-9-19)28-25(33)30-15-5-14-29(23(30)22(31)27-13-12-26)24(32)20-7-4-6-18(3)16-20/h4,6-11,16-17,23H,5,12-15,26H2,1-3H3,(H,27,31)(H,28,33). The zero-order valence-corrected chi connectivity index (χ0v) is 19.5. The van der Waals surface area contributed by atoms with Gasteiger partial charge in [0.05, 0.1) is 0 Å². The van der Waals surface area contributed by atoms with Crippen LogP contribution >= 0.6 is 0 Å². The van der Waals surface area contributed by atoms with Crippen LogP contribution in [-0.4, -0.2) is 60.0 Å². The van der Waals surface area contributed by atoms with Crippen molar-refractivity contribution in [2.45, 2.75) is 39.3 Å². The van der Waals surface area contributed by atoms with E-state index < -0.39 is 18.1 Å². The molecule has 0 aromatic heterocycles. The van der Waals surface area contributed by atoms with Crippen LogP contribution in [0.3, 0.4) is 0 Å². The third kappa shape index (κ3) is 5.90. The number of amides is 4. The number of anilines is 1. The Balaban J connectivity index is 1.85. The Morgan fingerprint density at radius 2 is 1.76 bits per heavy atom. The van der Waals surface area contributed by atoms with Crippen molar-refractivity contribution in [2.75, 3.05) is 31.5 Å². The highest BCUT2D eigenvalue weighted by molar-refractivity contribution is 6.00. The van der Waals surface area contributed by atoms with E-state index in [9.17, 15) is 14.4 Å². The van der Waals surface area contributed by atoms with Crippen LogP contribution in [0, 0.1) is 6.92 Å². The summed E-state index contributed by atoms with van der Waals surface area (Å²) in [5.41, 5.74) is 8.78. The van der Waals surface area contributed by atoms with Gasteiger partial charge in [-0.2, -0.15) is 0 Å². The Morgan fingerprint density at radius 1 is 1.06 bits per heavy atom. The zero-order chi connectivity index (χ0) is 24.0. The van der Waals surface area contributed by atoms with Crippen LogP contribution in [0.2, 0.25) is 0 Å². The molecule has 4 amide bonds. The van der Waals surface area contributed by atoms with Crippen LogP contribution in [0.25, 0.3) is 0 Å². The van der Waals surface area contributed by atoms with Crippen LogP contribution in [0.4, 0.5) is 10.5 Å². The third-order valence-electron chi connectivity index (χ3n) is 5.68. The molecule has 8 heteroatoms. The molecule has 1 unspecified atom stereocenters. The normalized spacial score (nSPS) is 16.0. The van der Waals surface area contributed by atoms with Crippen molar-refractivity contribution in [3.05, 3.63) is 65.2 Å². The third-order valence-corrected chi connectivity index (χ3v) is 5.68. The average Bonchev–Trinajstić information content (AvgIpc) is 2.81. The molecule has 0 aliphatic carbocycles. The van der Waals surface area contributed by atoms with Gasteiger partial charge in [-0.3, -0.25) is 14.5 Å². The molecule has 0 spiro atoms. The molecule has 3 rings (SSSR count). The van der Waals surface area contributed by atoms with Crippen molar-refractivity contribution in [3.8, 4) is 0 Å². The van der Waals surface area contributed by atoms with E-state index in [2.05, 4.69) is 24.5 Å². The molecular weight excluding hydrogens is 418 g/mol. The largest absolute Gasteiger partial charge is 0.351 e. The number of nitrogens with zero attached hydrogens (tertiary/aromatic N) is 2. The summed E-state index contributed by atoms with van der Waals surface area (Å²) in [5, 5.41) is 5.61. The number of hydrogen-bond acceptors (Lipinski definition) is 4. The SMILES string of the molecule is Cc1cccc(C(=O)N2CCCN(C(=O)Nc3ccc(C(C)C)cc3)C2C(=O)NCCN)c1. The summed E-state index contributed by atoms with van der Waals surface area (Å²) in [7, 11) is 0. The van der Waals surface area contributed by atoms with Crippen molar-refractivity contribution in [1.29, 1.82) is 0 Å². The Labute approximate surface area is 195 Å². The second-order valence-corrected chi connectivity index (χ2v) is 8.58. The highest BCUT2D eigenvalue weighted by Gasteiger charge is 2.40. The van der Waals surface area contributed by atoms with Gasteiger partial charge >= 0.3 is 6.03 Å². The number of nitrogens with two attached hydrogens (primary N) is 1. The van der Waals surface area contributed by atoms with Crippen LogP contribution in [-0.2, 0) is 4.79 Å². The van der Waals surface area contributed by atoms with E-state index in [1.165, 1.54) is 15.4 Å². The van der Waals surface area contributed by atoms with Crippen molar-refractivity contribution in [2.24, 2.45) is 5.73 Å². The van der Waals surface area contributed by atoms with Crippen LogP contribution in [0.1, 0.15) is 47.7 Å². The molecule has 8 nitrogen and oxygen atoms in total. The molecule has 1 aliphatic rings. The first-order chi connectivity index (χ1) is 15.8. The van der Waals surface area contributed by atoms with Gasteiger partial charge in [0.1, 0.15) is 0 Å². The summed E-state index contributed by atoms with van der Waals surface area (Å²) < 4.78 is 0. The fourth-order valence-corrected chi connectivity index (χ4v) is 3.91. The Bertz CT molecular complexity index is 990. The van der Waals surface area contributed by atoms with Gasteiger partial charge in [0.15, 0.2) is 6.17 Å². The first-order valence-electron chi connectivity index (χ1n) is 11.3. The number of aryl methyl sites for hydroxylation is 1. The lowest BCUT2D eigenvalue weighted by molar-refractivity contribution is -0.132. The maximum Gasteiger partial charge on any atom is 0.323 e. The molecule has 1 atom stereocenters. The molecule has 33 heavy (non-hydrogen) atoms. The molecule has 2 aromatic rings. The van der Waals surface area contributed by atoms with Gasteiger partial charge in [-0.15, -0.1) is 0 Å². The highest BCUT2D eigenvalue weighted by atomic mass is 16.2. The van der Waals surface area contributed by atoms with Crippen molar-refractivity contribution in [3.63, 3.8) is 0 Å². The van der Waals surface area contributed by atoms with E-state index in [0.717, 1.165) is 5.56 Å². The van der Waals surface area contributed by atoms with Crippen molar-refractivity contribution < 1.29 is 14.4 Å². The molecule has 0 saturated carbocycles. The van der Waals surface area contributed by atoms with Crippen molar-refractivity contribution >= 4 is 23.5 Å². The predicted molar refractivity (Wildman–Crippen MR) is 129 cm³/mol. The van der Waals surface area contributed by atoms with Gasteiger partial charge in [0.2, 0.25) is 0 Å². The topological polar surface area (TPSA) is 108 Å². The molecule has 1 fully saturated rings. The molecule has 0 radical (unpaired) electrons. The Kier molecular flexibility index (Phi) is 8.06. The fraction of sp³-hybridized carbons (Fsp3) is 0.400. The molecule has 1 heterocycles. The maximum absolute atomic E-state index is 13.3. The van der Waals surface area contributed by atoms with Crippen LogP contribution in [0.15, 0.2) is 48.5 Å². The van der Waals surface area contributed by atoms with Gasteiger partial charge in [0.25, 0.3) is 11.8 Å². The summed E-state index contributed by atoms with van der Waals surface area (Å²) in [6.07, 6.45) is -0.494. The van der Waals surface area contributed by atoms with Crippen LogP contribution < -0.4 is 16.4 Å². The number of carbonyl (C=O) groups is 3. The first-order valence-corrected chi connectivity index (χ1v) is 11.3. The fourth-order valence-electron chi connectivity index (χ4n) is 3.91. The van der Waals surface area contributed by atoms with Crippen LogP contribution in [0.5, 0.6) is 0 Å². The van der Waals surface area contributed by atoms with Gasteiger partial charge in [-0.25, -0.2) is 4.79 Å². The number of carbonyl (C=O) groups excluding carboxylic acids is 3. The number of urea groups is 1. The second kappa shape index (κ2) is 11.0. The molecule has 1 saturated heterocycles. The summed E-state index contributed by atoms with van der Waals surface area (Å²) in [6.45, 7) is 7.36. The van der Waals surface area contributed by atoms with E-state index >= 15 is 0 Å². The number of hydrogen-bond donors (Lipinski definition) is 3. The van der Waals surface area contributed by atoms with Crippen molar-refractivity contribution in [1.82, 2.24) is 15.1 Å². The van der Waals surface area contributed by atoms with E-state index in [4.69, 9.17) is 5.73 Å². The zero-order valence-electron chi connectivity index (χ0n) is 19.5. The van der Waals surface area contributed by atoms with Gasteiger partial charge in [0, 0.05) is 37.4 Å². The minimum atomic E-state index is -1.06. The quantitative estimate of drug-likeness (QED) is 0.628. The van der Waals surface area contributed by atoms with E-state index in [1.807, 2.05) is 37.3 Å². The van der Waals surface area contributed by atoms with E-state index in [0.29, 0.717) is 36.7 Å². The van der Waals surface area contributed by atoms with Gasteiger partial charge < -0.3 is 21.3 Å². The smallest absolute Gasteiger partial charge is 0.323 e. The predicted octanol–water partition coefficient (Wildman–Crippen LogP) is 2.90. The summed E-state index contributed by atoms with van der Waals surface area (Å²) in [4.78, 5) is 42.5.